The summed E-state index contributed by atoms with van der Waals surface area (Å²) in [6.07, 6.45) is -0.370. The van der Waals surface area contributed by atoms with Crippen LogP contribution in [0.4, 0.5) is 13.2 Å². The van der Waals surface area contributed by atoms with Gasteiger partial charge >= 0.3 is 6.18 Å². The second-order valence-corrected chi connectivity index (χ2v) is 5.72. The molecule has 0 aromatic heterocycles. The molecule has 0 spiro atoms. The fourth-order valence-electron chi connectivity index (χ4n) is 2.64. The van der Waals surface area contributed by atoms with Gasteiger partial charge in [0.25, 0.3) is 0 Å². The van der Waals surface area contributed by atoms with Gasteiger partial charge in [0.1, 0.15) is 0 Å². The largest absolute Gasteiger partial charge is 0.416 e. The Morgan fingerprint density at radius 2 is 1.83 bits per heavy atom. The zero-order valence-corrected chi connectivity index (χ0v) is 11.4. The lowest BCUT2D eigenvalue weighted by atomic mass is 9.89. The molecule has 0 amide bonds. The normalized spacial score (nSPS) is 19.2. The third-order valence-corrected chi connectivity index (χ3v) is 4.08. The van der Waals surface area contributed by atoms with Crippen molar-refractivity contribution >= 4 is 15.9 Å². The highest BCUT2D eigenvalue weighted by Gasteiger charge is 2.36. The van der Waals surface area contributed by atoms with E-state index in [9.17, 15) is 13.2 Å². The number of rotatable bonds is 2. The molecule has 2 N–H and O–H groups in total. The van der Waals surface area contributed by atoms with Gasteiger partial charge in [-0.15, -0.1) is 0 Å². The number of nitrogens with two attached hydrogens (primary N) is 1. The van der Waals surface area contributed by atoms with Gasteiger partial charge in [-0.2, -0.15) is 13.2 Å². The number of benzene rings is 1. The first kappa shape index (κ1) is 13.9. The Hall–Kier alpha value is -0.550. The van der Waals surface area contributed by atoms with Crippen molar-refractivity contribution in [2.45, 2.75) is 37.9 Å². The number of hydrogen-bond acceptors (Lipinski definition) is 1. The van der Waals surface area contributed by atoms with E-state index in [2.05, 4.69) is 15.9 Å². The highest BCUT2D eigenvalue weighted by atomic mass is 79.9. The van der Waals surface area contributed by atoms with Gasteiger partial charge in [0.15, 0.2) is 0 Å². The van der Waals surface area contributed by atoms with Gasteiger partial charge in [0.2, 0.25) is 0 Å². The first-order valence-corrected chi connectivity index (χ1v) is 6.81. The summed E-state index contributed by atoms with van der Waals surface area (Å²) in [6.45, 7) is 0. The van der Waals surface area contributed by atoms with Crippen molar-refractivity contribution in [2.75, 3.05) is 0 Å². The third-order valence-electron chi connectivity index (χ3n) is 3.59. The van der Waals surface area contributed by atoms with Gasteiger partial charge < -0.3 is 5.73 Å². The van der Waals surface area contributed by atoms with Crippen LogP contribution in [-0.2, 0) is 6.18 Å². The fraction of sp³-hybridized carbons (Fsp3) is 0.538. The Morgan fingerprint density at radius 3 is 2.39 bits per heavy atom. The van der Waals surface area contributed by atoms with Gasteiger partial charge in [-0.25, -0.2) is 0 Å². The zero-order valence-electron chi connectivity index (χ0n) is 9.80. The number of alkyl halides is 3. The summed E-state index contributed by atoms with van der Waals surface area (Å²) in [7, 11) is 0. The molecule has 1 aromatic rings. The monoisotopic (exact) mass is 321 g/mol. The fourth-order valence-corrected chi connectivity index (χ4v) is 3.00. The molecule has 1 aliphatic rings. The van der Waals surface area contributed by atoms with Crippen LogP contribution < -0.4 is 5.73 Å². The van der Waals surface area contributed by atoms with Crippen LogP contribution in [0.5, 0.6) is 0 Å². The van der Waals surface area contributed by atoms with Crippen LogP contribution in [0.2, 0.25) is 0 Å². The molecule has 1 unspecified atom stereocenters. The van der Waals surface area contributed by atoms with E-state index >= 15 is 0 Å². The minimum atomic E-state index is -4.35. The standard InChI is InChI=1S/C13H15BrF3N/c14-9-5-6-10(11(7-9)13(15,16)17)12(18)8-3-1-2-4-8/h5-8,12H,1-4,18H2. The molecule has 5 heteroatoms. The molecule has 1 aliphatic carbocycles. The Morgan fingerprint density at radius 1 is 1.22 bits per heavy atom. The Labute approximate surface area is 113 Å². The van der Waals surface area contributed by atoms with E-state index in [1.165, 1.54) is 6.07 Å². The van der Waals surface area contributed by atoms with Crippen LogP contribution in [0.1, 0.15) is 42.9 Å². The van der Waals surface area contributed by atoms with E-state index in [0.717, 1.165) is 31.7 Å². The molecule has 0 radical (unpaired) electrons. The Kier molecular flexibility index (Phi) is 4.02. The molecule has 100 valence electrons. The third kappa shape index (κ3) is 2.88. The second-order valence-electron chi connectivity index (χ2n) is 4.80. The van der Waals surface area contributed by atoms with E-state index in [-0.39, 0.29) is 11.5 Å². The Balaban J connectivity index is 2.37. The average Bonchev–Trinajstić information content (AvgIpc) is 2.80. The minimum absolute atomic E-state index is 0.173. The topological polar surface area (TPSA) is 26.0 Å². The highest BCUT2D eigenvalue weighted by molar-refractivity contribution is 9.10. The molecule has 0 saturated heterocycles. The zero-order chi connectivity index (χ0) is 13.3. The van der Waals surface area contributed by atoms with Gasteiger partial charge in [-0.1, -0.05) is 34.8 Å². The van der Waals surface area contributed by atoms with Gasteiger partial charge in [-0.05, 0) is 36.5 Å². The SMILES string of the molecule is NC(c1ccc(Br)cc1C(F)(F)F)C1CCCC1. The lowest BCUT2D eigenvalue weighted by molar-refractivity contribution is -0.138. The molecule has 18 heavy (non-hydrogen) atoms. The van der Waals surface area contributed by atoms with E-state index in [1.807, 2.05) is 0 Å². The smallest absolute Gasteiger partial charge is 0.324 e. The minimum Gasteiger partial charge on any atom is -0.324 e. The quantitative estimate of drug-likeness (QED) is 0.842. The summed E-state index contributed by atoms with van der Waals surface area (Å²) in [5.74, 6) is 0.173. The highest BCUT2D eigenvalue weighted by Crippen LogP contribution is 2.41. The summed E-state index contributed by atoms with van der Waals surface area (Å²) < 4.78 is 39.4. The molecule has 1 nitrogen and oxygen atoms in total. The van der Waals surface area contributed by atoms with Gasteiger partial charge in [-0.3, -0.25) is 0 Å². The molecule has 0 bridgehead atoms. The first-order valence-electron chi connectivity index (χ1n) is 6.02. The molecular weight excluding hydrogens is 307 g/mol. The molecule has 0 aliphatic heterocycles. The van der Waals surface area contributed by atoms with E-state index in [0.29, 0.717) is 4.47 Å². The summed E-state index contributed by atoms with van der Waals surface area (Å²) >= 11 is 3.08. The average molecular weight is 322 g/mol. The van der Waals surface area contributed by atoms with Gasteiger partial charge in [0.05, 0.1) is 5.56 Å². The summed E-state index contributed by atoms with van der Waals surface area (Å²) in [5, 5.41) is 0. The van der Waals surface area contributed by atoms with Crippen molar-refractivity contribution in [1.29, 1.82) is 0 Å². The van der Waals surface area contributed by atoms with Crippen molar-refractivity contribution in [2.24, 2.45) is 11.7 Å². The predicted molar refractivity (Wildman–Crippen MR) is 68.0 cm³/mol. The number of halogens is 4. The van der Waals surface area contributed by atoms with E-state index in [1.54, 1.807) is 6.07 Å². The summed E-state index contributed by atoms with van der Waals surface area (Å²) in [5.41, 5.74) is 5.64. The summed E-state index contributed by atoms with van der Waals surface area (Å²) in [4.78, 5) is 0. The van der Waals surface area contributed by atoms with Crippen LogP contribution in [-0.4, -0.2) is 0 Å². The van der Waals surface area contributed by atoms with Crippen molar-refractivity contribution < 1.29 is 13.2 Å². The molecule has 1 atom stereocenters. The number of hydrogen-bond donors (Lipinski definition) is 1. The predicted octanol–water partition coefficient (Wildman–Crippen LogP) is 4.66. The lowest BCUT2D eigenvalue weighted by Crippen LogP contribution is -2.23. The van der Waals surface area contributed by atoms with Crippen molar-refractivity contribution in [3.05, 3.63) is 33.8 Å². The first-order chi connectivity index (χ1) is 8.39. The van der Waals surface area contributed by atoms with Gasteiger partial charge in [0, 0.05) is 10.5 Å². The maximum absolute atomic E-state index is 13.0. The Bertz CT molecular complexity index is 425. The molecule has 0 heterocycles. The van der Waals surface area contributed by atoms with Crippen LogP contribution in [0.15, 0.2) is 22.7 Å². The van der Waals surface area contributed by atoms with E-state index < -0.39 is 17.8 Å². The molecule has 1 aromatic carbocycles. The van der Waals surface area contributed by atoms with Crippen LogP contribution in [0.25, 0.3) is 0 Å². The van der Waals surface area contributed by atoms with Crippen LogP contribution in [0, 0.1) is 5.92 Å². The lowest BCUT2D eigenvalue weighted by Gasteiger charge is -2.23. The van der Waals surface area contributed by atoms with Crippen molar-refractivity contribution in [1.82, 2.24) is 0 Å². The molecular formula is C13H15BrF3N. The molecule has 1 fully saturated rings. The van der Waals surface area contributed by atoms with Crippen LogP contribution in [0.3, 0.4) is 0 Å². The van der Waals surface area contributed by atoms with Crippen molar-refractivity contribution in [3.63, 3.8) is 0 Å². The molecule has 1 saturated carbocycles. The maximum Gasteiger partial charge on any atom is 0.416 e. The van der Waals surface area contributed by atoms with E-state index in [4.69, 9.17) is 5.73 Å². The molecule has 2 rings (SSSR count). The second kappa shape index (κ2) is 5.21. The van der Waals surface area contributed by atoms with Crippen molar-refractivity contribution in [3.8, 4) is 0 Å². The maximum atomic E-state index is 13.0. The van der Waals surface area contributed by atoms with Crippen LogP contribution >= 0.6 is 15.9 Å². The summed E-state index contributed by atoms with van der Waals surface area (Å²) in [6, 6.07) is 3.72.